The fourth-order valence-electron chi connectivity index (χ4n) is 2.46. The van der Waals surface area contributed by atoms with Crippen molar-refractivity contribution in [2.24, 2.45) is 7.05 Å². The molecule has 0 bridgehead atoms. The number of amides is 1. The van der Waals surface area contributed by atoms with Crippen LogP contribution in [0.15, 0.2) is 30.5 Å². The molecule has 1 N–H and O–H groups in total. The van der Waals surface area contributed by atoms with Crippen LogP contribution < -0.4 is 5.32 Å². The van der Waals surface area contributed by atoms with Gasteiger partial charge in [0.05, 0.1) is 16.0 Å². The third kappa shape index (κ3) is 2.96. The topological polar surface area (TPSA) is 108 Å². The van der Waals surface area contributed by atoms with E-state index in [1.54, 1.807) is 11.5 Å². The summed E-state index contributed by atoms with van der Waals surface area (Å²) in [6.07, 6.45) is 1.47. The molecule has 0 aliphatic rings. The van der Waals surface area contributed by atoms with Crippen molar-refractivity contribution in [3.05, 3.63) is 46.3 Å². The lowest BCUT2D eigenvalue weighted by molar-refractivity contribution is -0.385. The van der Waals surface area contributed by atoms with Crippen molar-refractivity contribution >= 4 is 28.6 Å². The van der Waals surface area contributed by atoms with Crippen molar-refractivity contribution in [2.75, 3.05) is 5.32 Å². The number of para-hydroxylation sites is 2. The number of anilines is 1. The Morgan fingerprint density at radius 2 is 2.12 bits per heavy atom. The highest BCUT2D eigenvalue weighted by Crippen LogP contribution is 2.18. The van der Waals surface area contributed by atoms with Crippen LogP contribution in [0.4, 0.5) is 11.6 Å². The minimum atomic E-state index is -0.488. The number of benzene rings is 1. The number of aryl methyl sites for hydroxylation is 3. The van der Waals surface area contributed by atoms with Crippen LogP contribution in [0.2, 0.25) is 0 Å². The number of nitro groups is 1. The number of carbonyl (C=O) groups excluding carboxylic acids is 1. The molecule has 0 unspecified atom stereocenters. The molecule has 3 rings (SSSR count). The predicted molar refractivity (Wildman–Crippen MR) is 87.6 cm³/mol. The van der Waals surface area contributed by atoms with Gasteiger partial charge in [-0.05, 0) is 19.1 Å². The number of imidazole rings is 1. The first-order chi connectivity index (χ1) is 11.5. The summed E-state index contributed by atoms with van der Waals surface area (Å²) in [5.41, 5.74) is 2.00. The molecule has 1 amide bonds. The molecular weight excluding hydrogens is 312 g/mol. The van der Waals surface area contributed by atoms with E-state index < -0.39 is 4.92 Å². The average molecular weight is 328 g/mol. The number of rotatable bonds is 5. The van der Waals surface area contributed by atoms with Crippen LogP contribution in [0.3, 0.4) is 0 Å². The highest BCUT2D eigenvalue weighted by atomic mass is 16.6. The zero-order chi connectivity index (χ0) is 17.3. The van der Waals surface area contributed by atoms with E-state index in [9.17, 15) is 14.9 Å². The maximum Gasteiger partial charge on any atom is 0.309 e. The molecule has 2 heterocycles. The first kappa shape index (κ1) is 15.7. The SMILES string of the molecule is Cc1nn(CCC(=O)Nc2nc3ccccc3n2C)cc1[N+](=O)[O-]. The molecule has 2 aromatic heterocycles. The van der Waals surface area contributed by atoms with Crippen LogP contribution in [-0.2, 0) is 18.4 Å². The zero-order valence-corrected chi connectivity index (χ0v) is 13.3. The van der Waals surface area contributed by atoms with Gasteiger partial charge in [0.1, 0.15) is 11.9 Å². The van der Waals surface area contributed by atoms with Crippen molar-refractivity contribution in [1.82, 2.24) is 19.3 Å². The third-order valence-corrected chi connectivity index (χ3v) is 3.72. The molecule has 0 saturated heterocycles. The van der Waals surface area contributed by atoms with E-state index in [4.69, 9.17) is 0 Å². The number of hydrogen-bond acceptors (Lipinski definition) is 5. The molecule has 0 atom stereocenters. The first-order valence-corrected chi connectivity index (χ1v) is 7.35. The van der Waals surface area contributed by atoms with Crippen LogP contribution in [0.5, 0.6) is 0 Å². The molecule has 0 spiro atoms. The van der Waals surface area contributed by atoms with E-state index in [1.165, 1.54) is 10.9 Å². The van der Waals surface area contributed by atoms with E-state index in [2.05, 4.69) is 15.4 Å². The van der Waals surface area contributed by atoms with E-state index in [0.29, 0.717) is 11.6 Å². The normalized spacial score (nSPS) is 10.9. The number of hydrogen-bond donors (Lipinski definition) is 1. The quantitative estimate of drug-likeness (QED) is 0.569. The van der Waals surface area contributed by atoms with E-state index in [0.717, 1.165) is 11.0 Å². The van der Waals surface area contributed by atoms with Gasteiger partial charge >= 0.3 is 5.69 Å². The molecule has 0 saturated carbocycles. The van der Waals surface area contributed by atoms with Crippen LogP contribution in [0, 0.1) is 17.0 Å². The summed E-state index contributed by atoms with van der Waals surface area (Å²) >= 11 is 0. The van der Waals surface area contributed by atoms with Gasteiger partial charge < -0.3 is 4.57 Å². The second kappa shape index (κ2) is 6.11. The molecule has 9 nitrogen and oxygen atoms in total. The highest BCUT2D eigenvalue weighted by molar-refractivity contribution is 5.91. The van der Waals surface area contributed by atoms with Gasteiger partial charge in [-0.2, -0.15) is 5.10 Å². The third-order valence-electron chi connectivity index (χ3n) is 3.72. The zero-order valence-electron chi connectivity index (χ0n) is 13.3. The van der Waals surface area contributed by atoms with Crippen molar-refractivity contribution in [3.8, 4) is 0 Å². The summed E-state index contributed by atoms with van der Waals surface area (Å²) in [6.45, 7) is 1.82. The van der Waals surface area contributed by atoms with Gasteiger partial charge in [0.25, 0.3) is 0 Å². The van der Waals surface area contributed by atoms with Crippen LogP contribution in [0.25, 0.3) is 11.0 Å². The average Bonchev–Trinajstić information content (AvgIpc) is 3.07. The Bertz CT molecular complexity index is 927. The Labute approximate surface area is 137 Å². The summed E-state index contributed by atoms with van der Waals surface area (Å²) in [5.74, 6) is 0.230. The number of nitrogens with zero attached hydrogens (tertiary/aromatic N) is 5. The fraction of sp³-hybridized carbons (Fsp3) is 0.267. The van der Waals surface area contributed by atoms with Crippen molar-refractivity contribution < 1.29 is 9.72 Å². The van der Waals surface area contributed by atoms with E-state index in [1.807, 2.05) is 31.3 Å². The van der Waals surface area contributed by atoms with Crippen molar-refractivity contribution in [1.29, 1.82) is 0 Å². The lowest BCUT2D eigenvalue weighted by atomic mass is 10.3. The summed E-state index contributed by atoms with van der Waals surface area (Å²) in [5, 5.41) is 17.6. The lowest BCUT2D eigenvalue weighted by Crippen LogP contribution is -2.17. The number of aromatic nitrogens is 4. The number of nitrogens with one attached hydrogen (secondary N) is 1. The Hall–Kier alpha value is -3.23. The van der Waals surface area contributed by atoms with Crippen LogP contribution in [0.1, 0.15) is 12.1 Å². The van der Waals surface area contributed by atoms with Gasteiger partial charge in [0, 0.05) is 20.0 Å². The smallest absolute Gasteiger partial charge is 0.309 e. The molecular formula is C15H16N6O3. The van der Waals surface area contributed by atoms with Gasteiger partial charge in [-0.3, -0.25) is 24.9 Å². The van der Waals surface area contributed by atoms with Crippen molar-refractivity contribution in [2.45, 2.75) is 19.9 Å². The predicted octanol–water partition coefficient (Wildman–Crippen LogP) is 2.02. The molecule has 0 radical (unpaired) electrons. The van der Waals surface area contributed by atoms with Crippen LogP contribution >= 0.6 is 0 Å². The maximum absolute atomic E-state index is 12.1. The second-order valence-corrected chi connectivity index (χ2v) is 5.40. The number of carbonyl (C=O) groups is 1. The highest BCUT2D eigenvalue weighted by Gasteiger charge is 2.16. The molecule has 9 heteroatoms. The molecule has 124 valence electrons. The first-order valence-electron chi connectivity index (χ1n) is 7.35. The Morgan fingerprint density at radius 1 is 1.38 bits per heavy atom. The summed E-state index contributed by atoms with van der Waals surface area (Å²) in [4.78, 5) is 26.8. The Balaban J connectivity index is 1.66. The fourth-order valence-corrected chi connectivity index (χ4v) is 2.46. The maximum atomic E-state index is 12.1. The Kier molecular flexibility index (Phi) is 3.98. The lowest BCUT2D eigenvalue weighted by Gasteiger charge is -2.05. The standard InChI is InChI=1S/C15H16N6O3/c1-10-13(21(23)24)9-20(18-10)8-7-14(22)17-15-16-11-5-3-4-6-12(11)19(15)2/h3-6,9H,7-8H2,1-2H3,(H,16,17,22). The monoisotopic (exact) mass is 328 g/mol. The summed E-state index contributed by atoms with van der Waals surface area (Å²) < 4.78 is 3.21. The minimum absolute atomic E-state index is 0.0502. The van der Waals surface area contributed by atoms with E-state index in [-0.39, 0.29) is 24.6 Å². The van der Waals surface area contributed by atoms with Gasteiger partial charge in [-0.15, -0.1) is 0 Å². The van der Waals surface area contributed by atoms with E-state index >= 15 is 0 Å². The molecule has 1 aromatic carbocycles. The van der Waals surface area contributed by atoms with Crippen LogP contribution in [-0.4, -0.2) is 30.2 Å². The molecule has 0 fully saturated rings. The molecule has 0 aliphatic carbocycles. The molecule has 3 aromatic rings. The number of fused-ring (bicyclic) bond motifs is 1. The van der Waals surface area contributed by atoms with Gasteiger partial charge in [-0.25, -0.2) is 4.98 Å². The van der Waals surface area contributed by atoms with Gasteiger partial charge in [-0.1, -0.05) is 12.1 Å². The van der Waals surface area contributed by atoms with Gasteiger partial charge in [0.15, 0.2) is 0 Å². The molecule has 24 heavy (non-hydrogen) atoms. The summed E-state index contributed by atoms with van der Waals surface area (Å²) in [7, 11) is 1.82. The van der Waals surface area contributed by atoms with Crippen molar-refractivity contribution in [3.63, 3.8) is 0 Å². The Morgan fingerprint density at radius 3 is 2.79 bits per heavy atom. The molecule has 0 aliphatic heterocycles. The second-order valence-electron chi connectivity index (χ2n) is 5.40. The minimum Gasteiger partial charge on any atom is -0.313 e. The largest absolute Gasteiger partial charge is 0.313 e. The van der Waals surface area contributed by atoms with Gasteiger partial charge in [0.2, 0.25) is 11.9 Å². The summed E-state index contributed by atoms with van der Waals surface area (Å²) in [6, 6.07) is 7.58.